The molecule has 0 saturated heterocycles. The van der Waals surface area contributed by atoms with Gasteiger partial charge in [0.1, 0.15) is 11.5 Å². The lowest BCUT2D eigenvalue weighted by Gasteiger charge is -2.28. The summed E-state index contributed by atoms with van der Waals surface area (Å²) in [4.78, 5) is 12.9. The van der Waals surface area contributed by atoms with Crippen LogP contribution in [-0.4, -0.2) is 39.4 Å². The van der Waals surface area contributed by atoms with E-state index in [1.54, 1.807) is 55.6 Å². The molecule has 166 valence electrons. The maximum Gasteiger partial charge on any atom is 0.255 e. The monoisotopic (exact) mass is 452 g/mol. The van der Waals surface area contributed by atoms with Gasteiger partial charge in [0.05, 0.1) is 19.1 Å². The van der Waals surface area contributed by atoms with Crippen molar-refractivity contribution >= 4 is 21.6 Å². The van der Waals surface area contributed by atoms with Gasteiger partial charge in [-0.25, -0.2) is 8.42 Å². The van der Waals surface area contributed by atoms with Crippen molar-refractivity contribution in [3.63, 3.8) is 0 Å². The van der Waals surface area contributed by atoms with Crippen molar-refractivity contribution in [2.24, 2.45) is 0 Å². The van der Waals surface area contributed by atoms with E-state index >= 15 is 0 Å². The highest BCUT2D eigenvalue weighted by molar-refractivity contribution is 7.89. The van der Waals surface area contributed by atoms with Gasteiger partial charge in [-0.05, 0) is 72.1 Å². The van der Waals surface area contributed by atoms with Crippen molar-refractivity contribution in [1.82, 2.24) is 4.31 Å². The fourth-order valence-electron chi connectivity index (χ4n) is 3.68. The molecule has 0 fully saturated rings. The Morgan fingerprint density at radius 2 is 1.66 bits per heavy atom. The molecule has 0 saturated carbocycles. The first-order chi connectivity index (χ1) is 15.4. The molecule has 8 heteroatoms. The first kappa shape index (κ1) is 21.9. The Morgan fingerprint density at radius 3 is 2.38 bits per heavy atom. The number of carbonyl (C=O) groups is 1. The molecule has 1 heterocycles. The molecule has 3 aromatic rings. The molecule has 0 unspecified atom stereocenters. The zero-order chi connectivity index (χ0) is 22.7. The second kappa shape index (κ2) is 9.02. The molecule has 0 spiro atoms. The molecule has 1 aliphatic heterocycles. The second-order valence-corrected chi connectivity index (χ2v) is 9.37. The van der Waals surface area contributed by atoms with Gasteiger partial charge in [-0.3, -0.25) is 4.79 Å². The number of hydrogen-bond acceptors (Lipinski definition) is 5. The van der Waals surface area contributed by atoms with E-state index in [0.29, 0.717) is 35.7 Å². The Bertz CT molecular complexity index is 1240. The molecule has 0 aromatic heterocycles. The number of rotatable bonds is 6. The summed E-state index contributed by atoms with van der Waals surface area (Å²) in [7, 11) is -0.554. The number of hydrogen-bond donors (Lipinski definition) is 1. The number of benzene rings is 3. The third kappa shape index (κ3) is 4.46. The SMILES string of the molecule is COc1ccc(S(=O)(=O)N2CCc3ccc(NC(=O)c4cccc(OC)c4)cc3C2)cc1. The first-order valence-corrected chi connectivity index (χ1v) is 11.6. The van der Waals surface area contributed by atoms with E-state index in [9.17, 15) is 13.2 Å². The Balaban J connectivity index is 1.53. The number of carbonyl (C=O) groups excluding carboxylic acids is 1. The van der Waals surface area contributed by atoms with E-state index in [2.05, 4.69) is 5.32 Å². The summed E-state index contributed by atoms with van der Waals surface area (Å²) >= 11 is 0. The van der Waals surface area contributed by atoms with E-state index in [1.165, 1.54) is 11.4 Å². The summed E-state index contributed by atoms with van der Waals surface area (Å²) in [6.45, 7) is 0.642. The highest BCUT2D eigenvalue weighted by Gasteiger charge is 2.28. The molecule has 7 nitrogen and oxygen atoms in total. The number of ether oxygens (including phenoxy) is 2. The lowest BCUT2D eigenvalue weighted by molar-refractivity contribution is 0.102. The maximum atomic E-state index is 13.1. The van der Waals surface area contributed by atoms with Crippen molar-refractivity contribution in [1.29, 1.82) is 0 Å². The molecule has 0 radical (unpaired) electrons. The summed E-state index contributed by atoms with van der Waals surface area (Å²) in [5.41, 5.74) is 3.04. The average Bonchev–Trinajstić information content (AvgIpc) is 2.83. The predicted molar refractivity (Wildman–Crippen MR) is 122 cm³/mol. The minimum Gasteiger partial charge on any atom is -0.497 e. The molecule has 32 heavy (non-hydrogen) atoms. The van der Waals surface area contributed by atoms with E-state index in [-0.39, 0.29) is 17.3 Å². The van der Waals surface area contributed by atoms with Gasteiger partial charge in [-0.2, -0.15) is 4.31 Å². The molecule has 1 N–H and O–H groups in total. The number of nitrogens with zero attached hydrogens (tertiary/aromatic N) is 1. The molecule has 1 amide bonds. The van der Waals surface area contributed by atoms with E-state index < -0.39 is 10.0 Å². The topological polar surface area (TPSA) is 84.9 Å². The zero-order valence-corrected chi connectivity index (χ0v) is 18.7. The molecule has 1 aliphatic rings. The van der Waals surface area contributed by atoms with Gasteiger partial charge in [-0.15, -0.1) is 0 Å². The van der Waals surface area contributed by atoms with E-state index in [4.69, 9.17) is 9.47 Å². The minimum atomic E-state index is -3.64. The molecular formula is C24H24N2O5S. The van der Waals surface area contributed by atoms with Gasteiger partial charge in [0.15, 0.2) is 0 Å². The maximum absolute atomic E-state index is 13.1. The van der Waals surface area contributed by atoms with Crippen LogP contribution in [0.1, 0.15) is 21.5 Å². The summed E-state index contributed by atoms with van der Waals surface area (Å²) in [5, 5.41) is 2.88. The lowest BCUT2D eigenvalue weighted by atomic mass is 10.0. The van der Waals surface area contributed by atoms with Crippen LogP contribution in [0.3, 0.4) is 0 Å². The number of fused-ring (bicyclic) bond motifs is 1. The van der Waals surface area contributed by atoms with Crippen molar-refractivity contribution in [3.8, 4) is 11.5 Å². The first-order valence-electron chi connectivity index (χ1n) is 10.1. The molecule has 0 atom stereocenters. The van der Waals surface area contributed by atoms with Crippen molar-refractivity contribution in [2.45, 2.75) is 17.9 Å². The highest BCUT2D eigenvalue weighted by Crippen LogP contribution is 2.28. The summed E-state index contributed by atoms with van der Waals surface area (Å²) in [6.07, 6.45) is 0.606. The number of anilines is 1. The quantitative estimate of drug-likeness (QED) is 0.616. The third-order valence-corrected chi connectivity index (χ3v) is 7.33. The fourth-order valence-corrected chi connectivity index (χ4v) is 5.10. The molecule has 3 aromatic carbocycles. The number of methoxy groups -OCH3 is 2. The van der Waals surface area contributed by atoms with Crippen molar-refractivity contribution in [3.05, 3.63) is 83.4 Å². The molecular weight excluding hydrogens is 428 g/mol. The van der Waals surface area contributed by atoms with E-state index in [1.807, 2.05) is 18.2 Å². The Morgan fingerprint density at radius 1 is 0.906 bits per heavy atom. The standard InChI is InChI=1S/C24H24N2O5S/c1-30-21-8-10-23(11-9-21)32(28,29)26-13-12-17-6-7-20(14-19(17)16-26)25-24(27)18-4-3-5-22(15-18)31-2/h3-11,14-15H,12-13,16H2,1-2H3,(H,25,27). The Kier molecular flexibility index (Phi) is 6.16. The van der Waals surface area contributed by atoms with Crippen molar-refractivity contribution in [2.75, 3.05) is 26.1 Å². The van der Waals surface area contributed by atoms with Crippen LogP contribution in [0.5, 0.6) is 11.5 Å². The highest BCUT2D eigenvalue weighted by atomic mass is 32.2. The van der Waals surface area contributed by atoms with Crippen LogP contribution >= 0.6 is 0 Å². The number of nitrogens with one attached hydrogen (secondary N) is 1. The van der Waals surface area contributed by atoms with Crippen LogP contribution in [0.25, 0.3) is 0 Å². The van der Waals surface area contributed by atoms with Crippen LogP contribution in [0.15, 0.2) is 71.6 Å². The van der Waals surface area contributed by atoms with Gasteiger partial charge in [0, 0.05) is 24.3 Å². The van der Waals surface area contributed by atoms with Crippen LogP contribution in [0.2, 0.25) is 0 Å². The third-order valence-electron chi connectivity index (χ3n) is 5.47. The van der Waals surface area contributed by atoms with Gasteiger partial charge >= 0.3 is 0 Å². The zero-order valence-electron chi connectivity index (χ0n) is 17.9. The summed E-state index contributed by atoms with van der Waals surface area (Å²) < 4.78 is 38.0. The van der Waals surface area contributed by atoms with Gasteiger partial charge < -0.3 is 14.8 Å². The smallest absolute Gasteiger partial charge is 0.255 e. The number of amides is 1. The fraction of sp³-hybridized carbons (Fsp3) is 0.208. The van der Waals surface area contributed by atoms with Gasteiger partial charge in [0.2, 0.25) is 10.0 Å². The Hall–Kier alpha value is -3.36. The largest absolute Gasteiger partial charge is 0.497 e. The van der Waals surface area contributed by atoms with Crippen LogP contribution < -0.4 is 14.8 Å². The lowest BCUT2D eigenvalue weighted by Crippen LogP contribution is -2.36. The molecule has 0 aliphatic carbocycles. The van der Waals surface area contributed by atoms with E-state index in [0.717, 1.165) is 11.1 Å². The molecule has 4 rings (SSSR count). The van der Waals surface area contributed by atoms with Crippen LogP contribution in [-0.2, 0) is 23.0 Å². The second-order valence-electron chi connectivity index (χ2n) is 7.43. The van der Waals surface area contributed by atoms with Crippen LogP contribution in [0, 0.1) is 0 Å². The summed E-state index contributed by atoms with van der Waals surface area (Å²) in [6, 6.07) is 18.9. The number of sulfonamides is 1. The normalized spacial score (nSPS) is 13.8. The van der Waals surface area contributed by atoms with Gasteiger partial charge in [0.25, 0.3) is 5.91 Å². The molecule has 0 bridgehead atoms. The Labute approximate surface area is 187 Å². The average molecular weight is 453 g/mol. The van der Waals surface area contributed by atoms with Gasteiger partial charge in [-0.1, -0.05) is 12.1 Å². The summed E-state index contributed by atoms with van der Waals surface area (Å²) in [5.74, 6) is 0.939. The predicted octanol–water partition coefficient (Wildman–Crippen LogP) is 3.70. The minimum absolute atomic E-state index is 0.226. The van der Waals surface area contributed by atoms with Crippen molar-refractivity contribution < 1.29 is 22.7 Å². The van der Waals surface area contributed by atoms with Crippen LogP contribution in [0.4, 0.5) is 5.69 Å².